The highest BCUT2D eigenvalue weighted by atomic mass is 32.1. The van der Waals surface area contributed by atoms with Crippen molar-refractivity contribution in [2.75, 3.05) is 13.1 Å². The molecule has 0 bridgehead atoms. The van der Waals surface area contributed by atoms with Crippen LogP contribution in [0.4, 0.5) is 0 Å². The number of rotatable bonds is 4. The molecule has 1 fully saturated rings. The van der Waals surface area contributed by atoms with E-state index < -0.39 is 0 Å². The fourth-order valence-corrected chi connectivity index (χ4v) is 3.28. The molecule has 3 aromatic rings. The van der Waals surface area contributed by atoms with Gasteiger partial charge in [-0.1, -0.05) is 41.6 Å². The molecule has 0 aliphatic carbocycles. The molecule has 0 atom stereocenters. The maximum Gasteiger partial charge on any atom is 0.233 e. The molecule has 0 N–H and O–H groups in total. The van der Waals surface area contributed by atoms with E-state index in [0.29, 0.717) is 31.2 Å². The first-order valence-corrected chi connectivity index (χ1v) is 8.37. The predicted molar refractivity (Wildman–Crippen MR) is 87.1 cm³/mol. The van der Waals surface area contributed by atoms with Crippen LogP contribution in [-0.4, -0.2) is 34.0 Å². The number of thiophene rings is 1. The predicted octanol–water partition coefficient (Wildman–Crippen LogP) is 2.97. The van der Waals surface area contributed by atoms with Crippen LogP contribution in [0.15, 0.2) is 52.4 Å². The van der Waals surface area contributed by atoms with Crippen LogP contribution in [0.2, 0.25) is 0 Å². The van der Waals surface area contributed by atoms with Crippen molar-refractivity contribution in [3.8, 4) is 10.7 Å². The molecule has 116 valence electrons. The molecule has 1 aliphatic rings. The zero-order valence-electron chi connectivity index (χ0n) is 12.4. The Balaban J connectivity index is 1.35. The number of nitrogens with zero attached hydrogens (tertiary/aromatic N) is 3. The first kappa shape index (κ1) is 14.1. The minimum Gasteiger partial charge on any atom is -0.341 e. The number of amides is 1. The first-order valence-electron chi connectivity index (χ1n) is 7.49. The fraction of sp³-hybridized carbons (Fsp3) is 0.235. The summed E-state index contributed by atoms with van der Waals surface area (Å²) in [6.45, 7) is 1.30. The Morgan fingerprint density at radius 2 is 2.04 bits per heavy atom. The number of benzene rings is 1. The topological polar surface area (TPSA) is 59.2 Å². The van der Waals surface area contributed by atoms with Crippen molar-refractivity contribution in [1.82, 2.24) is 15.0 Å². The average molecular weight is 325 g/mol. The van der Waals surface area contributed by atoms with Crippen LogP contribution < -0.4 is 0 Å². The van der Waals surface area contributed by atoms with Gasteiger partial charge in [0.25, 0.3) is 0 Å². The molecule has 4 rings (SSSR count). The van der Waals surface area contributed by atoms with Crippen LogP contribution in [0, 0.1) is 0 Å². The van der Waals surface area contributed by atoms with Crippen LogP contribution in [0.1, 0.15) is 17.4 Å². The first-order chi connectivity index (χ1) is 11.3. The van der Waals surface area contributed by atoms with Crippen LogP contribution in [0.3, 0.4) is 0 Å². The highest BCUT2D eigenvalue weighted by molar-refractivity contribution is 7.13. The van der Waals surface area contributed by atoms with Gasteiger partial charge in [0.15, 0.2) is 0 Å². The third-order valence-corrected chi connectivity index (χ3v) is 4.83. The van der Waals surface area contributed by atoms with Gasteiger partial charge in [-0.2, -0.15) is 4.98 Å². The SMILES string of the molecule is O=C(Cc1ccccc1)N1CC(c2nc(-c3cccs3)no2)C1. The zero-order chi connectivity index (χ0) is 15.6. The summed E-state index contributed by atoms with van der Waals surface area (Å²) < 4.78 is 5.35. The average Bonchev–Trinajstić information content (AvgIpc) is 3.17. The van der Waals surface area contributed by atoms with Crippen molar-refractivity contribution in [3.63, 3.8) is 0 Å². The summed E-state index contributed by atoms with van der Waals surface area (Å²) in [5.74, 6) is 1.54. The lowest BCUT2D eigenvalue weighted by atomic mass is 9.99. The second kappa shape index (κ2) is 5.96. The van der Waals surface area contributed by atoms with Gasteiger partial charge in [-0.05, 0) is 17.0 Å². The Morgan fingerprint density at radius 3 is 2.78 bits per heavy atom. The molecule has 0 radical (unpaired) electrons. The summed E-state index contributed by atoms with van der Waals surface area (Å²) in [7, 11) is 0. The van der Waals surface area contributed by atoms with Crippen molar-refractivity contribution in [2.24, 2.45) is 0 Å². The zero-order valence-corrected chi connectivity index (χ0v) is 13.2. The van der Waals surface area contributed by atoms with Gasteiger partial charge in [-0.15, -0.1) is 11.3 Å². The molecule has 0 saturated carbocycles. The molecule has 1 aromatic carbocycles. The summed E-state index contributed by atoms with van der Waals surface area (Å²) in [5.41, 5.74) is 1.04. The number of hydrogen-bond acceptors (Lipinski definition) is 5. The highest BCUT2D eigenvalue weighted by Crippen LogP contribution is 2.29. The highest BCUT2D eigenvalue weighted by Gasteiger charge is 2.35. The standard InChI is InChI=1S/C17H15N3O2S/c21-15(9-12-5-2-1-3-6-12)20-10-13(11-20)17-18-16(19-22-17)14-7-4-8-23-14/h1-8,13H,9-11H2. The maximum absolute atomic E-state index is 12.2. The lowest BCUT2D eigenvalue weighted by Gasteiger charge is -2.37. The van der Waals surface area contributed by atoms with Crippen LogP contribution in [0.25, 0.3) is 10.7 Å². The largest absolute Gasteiger partial charge is 0.341 e. The molecule has 23 heavy (non-hydrogen) atoms. The van der Waals surface area contributed by atoms with Gasteiger partial charge in [0, 0.05) is 13.1 Å². The Hall–Kier alpha value is -2.47. The molecule has 3 heterocycles. The summed E-state index contributed by atoms with van der Waals surface area (Å²) >= 11 is 1.58. The van der Waals surface area contributed by atoms with E-state index >= 15 is 0 Å². The molecule has 1 amide bonds. The van der Waals surface area contributed by atoms with E-state index in [1.807, 2.05) is 52.7 Å². The normalized spacial score (nSPS) is 14.7. The van der Waals surface area contributed by atoms with E-state index in [0.717, 1.165) is 10.4 Å². The van der Waals surface area contributed by atoms with Gasteiger partial charge >= 0.3 is 0 Å². The van der Waals surface area contributed by atoms with E-state index in [1.165, 1.54) is 0 Å². The van der Waals surface area contributed by atoms with E-state index in [2.05, 4.69) is 10.1 Å². The molecule has 1 aliphatic heterocycles. The molecule has 0 unspecified atom stereocenters. The Kier molecular flexibility index (Phi) is 3.67. The summed E-state index contributed by atoms with van der Waals surface area (Å²) in [6.07, 6.45) is 0.442. The Labute approximate surface area is 137 Å². The van der Waals surface area contributed by atoms with Crippen molar-refractivity contribution in [2.45, 2.75) is 12.3 Å². The van der Waals surface area contributed by atoms with Crippen molar-refractivity contribution >= 4 is 17.2 Å². The van der Waals surface area contributed by atoms with Crippen molar-refractivity contribution in [3.05, 3.63) is 59.3 Å². The second-order valence-electron chi connectivity index (χ2n) is 5.59. The number of carbonyl (C=O) groups is 1. The van der Waals surface area contributed by atoms with E-state index in [1.54, 1.807) is 11.3 Å². The fourth-order valence-electron chi connectivity index (χ4n) is 2.63. The van der Waals surface area contributed by atoms with E-state index in [9.17, 15) is 4.79 Å². The Morgan fingerprint density at radius 1 is 1.22 bits per heavy atom. The van der Waals surface area contributed by atoms with E-state index in [-0.39, 0.29) is 11.8 Å². The number of aromatic nitrogens is 2. The molecule has 5 nitrogen and oxygen atoms in total. The summed E-state index contributed by atoms with van der Waals surface area (Å²) in [4.78, 5) is 19.5. The number of hydrogen-bond donors (Lipinski definition) is 0. The Bertz CT molecular complexity index is 792. The molecular weight excluding hydrogens is 310 g/mol. The smallest absolute Gasteiger partial charge is 0.233 e. The van der Waals surface area contributed by atoms with Gasteiger partial charge in [0.05, 0.1) is 17.2 Å². The molecule has 1 saturated heterocycles. The van der Waals surface area contributed by atoms with Gasteiger partial charge in [0.2, 0.25) is 17.6 Å². The molecule has 0 spiro atoms. The number of likely N-dealkylation sites (tertiary alicyclic amines) is 1. The van der Waals surface area contributed by atoms with Gasteiger partial charge < -0.3 is 9.42 Å². The lowest BCUT2D eigenvalue weighted by Crippen LogP contribution is -2.49. The minimum absolute atomic E-state index is 0.144. The minimum atomic E-state index is 0.144. The van der Waals surface area contributed by atoms with Crippen molar-refractivity contribution < 1.29 is 9.32 Å². The monoisotopic (exact) mass is 325 g/mol. The van der Waals surface area contributed by atoms with Gasteiger partial charge in [0.1, 0.15) is 0 Å². The molecular formula is C17H15N3O2S. The molecule has 2 aromatic heterocycles. The van der Waals surface area contributed by atoms with Gasteiger partial charge in [-0.3, -0.25) is 4.79 Å². The van der Waals surface area contributed by atoms with Crippen LogP contribution >= 0.6 is 11.3 Å². The van der Waals surface area contributed by atoms with Crippen molar-refractivity contribution in [1.29, 1.82) is 0 Å². The summed E-state index contributed by atoms with van der Waals surface area (Å²) in [6, 6.07) is 13.7. The third kappa shape index (κ3) is 2.90. The quantitative estimate of drug-likeness (QED) is 0.740. The van der Waals surface area contributed by atoms with Crippen LogP contribution in [0.5, 0.6) is 0 Å². The van der Waals surface area contributed by atoms with E-state index in [4.69, 9.17) is 4.52 Å². The molecule has 6 heteroatoms. The lowest BCUT2D eigenvalue weighted by molar-refractivity contribution is -0.135. The second-order valence-corrected chi connectivity index (χ2v) is 6.54. The van der Waals surface area contributed by atoms with Crippen LogP contribution in [-0.2, 0) is 11.2 Å². The van der Waals surface area contributed by atoms with Gasteiger partial charge in [-0.25, -0.2) is 0 Å². The maximum atomic E-state index is 12.2. The number of carbonyl (C=O) groups excluding carboxylic acids is 1. The summed E-state index contributed by atoms with van der Waals surface area (Å²) in [5, 5.41) is 6.00. The third-order valence-electron chi connectivity index (χ3n) is 3.96.